The van der Waals surface area contributed by atoms with Crippen LogP contribution in [0.5, 0.6) is 0 Å². The highest BCUT2D eigenvalue weighted by molar-refractivity contribution is 5.67. The molecule has 4 nitrogen and oxygen atoms in total. The van der Waals surface area contributed by atoms with E-state index in [4.69, 9.17) is 5.11 Å². The molecule has 0 aliphatic heterocycles. The average molecular weight is 279 g/mol. The molecule has 0 spiro atoms. The molecule has 2 unspecified atom stereocenters. The van der Waals surface area contributed by atoms with Gasteiger partial charge in [0.25, 0.3) is 0 Å². The maximum Gasteiger partial charge on any atom is 0.305 e. The molecule has 0 amide bonds. The van der Waals surface area contributed by atoms with Gasteiger partial charge in [-0.1, -0.05) is 44.5 Å². The van der Waals surface area contributed by atoms with E-state index in [1.165, 1.54) is 5.56 Å². The third-order valence-corrected chi connectivity index (χ3v) is 3.29. The predicted octanol–water partition coefficient (Wildman–Crippen LogP) is 2.52. The van der Waals surface area contributed by atoms with Crippen molar-refractivity contribution in [3.05, 3.63) is 35.4 Å². The SMILES string of the molecule is CCCNC(CC(=O)O)C(O)c1ccc(CCC)cc1. The number of rotatable bonds is 9. The van der Waals surface area contributed by atoms with Crippen molar-refractivity contribution in [2.75, 3.05) is 6.54 Å². The van der Waals surface area contributed by atoms with Crippen molar-refractivity contribution < 1.29 is 15.0 Å². The number of nitrogens with one attached hydrogen (secondary N) is 1. The number of aliphatic hydroxyl groups is 1. The third-order valence-electron chi connectivity index (χ3n) is 3.29. The molecule has 112 valence electrons. The van der Waals surface area contributed by atoms with Crippen LogP contribution in [0.25, 0.3) is 0 Å². The number of carboxylic acid groups (broad SMARTS) is 1. The fraction of sp³-hybridized carbons (Fsp3) is 0.562. The molecular formula is C16H25NO3. The number of aliphatic hydroxyl groups excluding tert-OH is 1. The van der Waals surface area contributed by atoms with Gasteiger partial charge in [-0.2, -0.15) is 0 Å². The van der Waals surface area contributed by atoms with Crippen LogP contribution in [0.1, 0.15) is 50.3 Å². The summed E-state index contributed by atoms with van der Waals surface area (Å²) in [7, 11) is 0. The summed E-state index contributed by atoms with van der Waals surface area (Å²) < 4.78 is 0. The first-order valence-electron chi connectivity index (χ1n) is 7.30. The summed E-state index contributed by atoms with van der Waals surface area (Å²) in [4.78, 5) is 10.9. The number of aliphatic carboxylic acids is 1. The Balaban J connectivity index is 2.75. The molecule has 3 N–H and O–H groups in total. The van der Waals surface area contributed by atoms with E-state index in [1.54, 1.807) is 0 Å². The molecule has 1 aromatic carbocycles. The standard InChI is InChI=1S/C16H25NO3/c1-3-5-12-6-8-13(9-7-12)16(20)14(11-15(18)19)17-10-4-2/h6-9,14,16-17,20H,3-5,10-11H2,1-2H3,(H,18,19). The van der Waals surface area contributed by atoms with Crippen molar-refractivity contribution in [2.24, 2.45) is 0 Å². The predicted molar refractivity (Wildman–Crippen MR) is 79.7 cm³/mol. The van der Waals surface area contributed by atoms with Crippen LogP contribution >= 0.6 is 0 Å². The van der Waals surface area contributed by atoms with Gasteiger partial charge in [-0.3, -0.25) is 4.79 Å². The average Bonchev–Trinajstić information content (AvgIpc) is 2.43. The zero-order valence-corrected chi connectivity index (χ0v) is 12.3. The van der Waals surface area contributed by atoms with E-state index in [0.29, 0.717) is 6.54 Å². The van der Waals surface area contributed by atoms with Crippen molar-refractivity contribution in [1.82, 2.24) is 5.32 Å². The van der Waals surface area contributed by atoms with E-state index >= 15 is 0 Å². The van der Waals surface area contributed by atoms with Crippen molar-refractivity contribution in [3.8, 4) is 0 Å². The van der Waals surface area contributed by atoms with Gasteiger partial charge in [0, 0.05) is 6.04 Å². The number of aryl methyl sites for hydroxylation is 1. The molecule has 0 aliphatic carbocycles. The first kappa shape index (κ1) is 16.7. The smallest absolute Gasteiger partial charge is 0.305 e. The lowest BCUT2D eigenvalue weighted by Crippen LogP contribution is -2.37. The maximum atomic E-state index is 10.9. The maximum absolute atomic E-state index is 10.9. The molecule has 0 heterocycles. The summed E-state index contributed by atoms with van der Waals surface area (Å²) in [5.41, 5.74) is 2.00. The highest BCUT2D eigenvalue weighted by atomic mass is 16.4. The molecule has 0 fully saturated rings. The molecule has 20 heavy (non-hydrogen) atoms. The minimum absolute atomic E-state index is 0.0854. The van der Waals surface area contributed by atoms with Crippen molar-refractivity contribution in [2.45, 2.75) is 51.7 Å². The summed E-state index contributed by atoms with van der Waals surface area (Å²) in [5.74, 6) is -0.903. The fourth-order valence-electron chi connectivity index (χ4n) is 2.22. The summed E-state index contributed by atoms with van der Waals surface area (Å²) in [6.45, 7) is 4.83. The molecule has 0 aliphatic rings. The highest BCUT2D eigenvalue weighted by Gasteiger charge is 2.22. The normalized spacial score (nSPS) is 13.9. The van der Waals surface area contributed by atoms with Crippen molar-refractivity contribution >= 4 is 5.97 Å². The monoisotopic (exact) mass is 279 g/mol. The van der Waals surface area contributed by atoms with Crippen LogP contribution in [0.3, 0.4) is 0 Å². The Morgan fingerprint density at radius 3 is 2.35 bits per heavy atom. The molecule has 4 heteroatoms. The lowest BCUT2D eigenvalue weighted by atomic mass is 9.97. The third kappa shape index (κ3) is 5.31. The lowest BCUT2D eigenvalue weighted by Gasteiger charge is -2.23. The number of carboxylic acids is 1. The van der Waals surface area contributed by atoms with E-state index in [-0.39, 0.29) is 6.42 Å². The van der Waals surface area contributed by atoms with E-state index in [9.17, 15) is 9.90 Å². The van der Waals surface area contributed by atoms with Gasteiger partial charge in [0.05, 0.1) is 12.5 Å². The van der Waals surface area contributed by atoms with Gasteiger partial charge in [0.2, 0.25) is 0 Å². The van der Waals surface area contributed by atoms with Gasteiger partial charge >= 0.3 is 5.97 Å². The topological polar surface area (TPSA) is 69.6 Å². The summed E-state index contributed by atoms with van der Waals surface area (Å²) in [6, 6.07) is 7.32. The van der Waals surface area contributed by atoms with Crippen LogP contribution in [-0.2, 0) is 11.2 Å². The van der Waals surface area contributed by atoms with Crippen LogP contribution in [0, 0.1) is 0 Å². The van der Waals surface area contributed by atoms with Crippen LogP contribution in [0.2, 0.25) is 0 Å². The van der Waals surface area contributed by atoms with E-state index in [0.717, 1.165) is 24.8 Å². The zero-order valence-electron chi connectivity index (χ0n) is 12.3. The van der Waals surface area contributed by atoms with Crippen LogP contribution in [-0.4, -0.2) is 28.8 Å². The fourth-order valence-corrected chi connectivity index (χ4v) is 2.22. The molecule has 1 aromatic rings. The van der Waals surface area contributed by atoms with E-state index in [2.05, 4.69) is 12.2 Å². The molecule has 0 saturated heterocycles. The molecule has 0 bridgehead atoms. The Morgan fingerprint density at radius 2 is 1.85 bits per heavy atom. The van der Waals surface area contributed by atoms with Gasteiger partial charge in [-0.25, -0.2) is 0 Å². The van der Waals surface area contributed by atoms with Gasteiger partial charge in [-0.15, -0.1) is 0 Å². The van der Waals surface area contributed by atoms with E-state index < -0.39 is 18.1 Å². The van der Waals surface area contributed by atoms with Crippen molar-refractivity contribution in [1.29, 1.82) is 0 Å². The van der Waals surface area contributed by atoms with Crippen LogP contribution in [0.15, 0.2) is 24.3 Å². The van der Waals surface area contributed by atoms with Crippen LogP contribution < -0.4 is 5.32 Å². The minimum Gasteiger partial charge on any atom is -0.481 e. The highest BCUT2D eigenvalue weighted by Crippen LogP contribution is 2.20. The van der Waals surface area contributed by atoms with Gasteiger partial charge < -0.3 is 15.5 Å². The Hall–Kier alpha value is -1.39. The Kier molecular flexibility index (Phi) is 7.26. The Bertz CT molecular complexity index is 403. The second-order valence-corrected chi connectivity index (χ2v) is 5.09. The Labute approximate surface area is 120 Å². The molecule has 0 radical (unpaired) electrons. The summed E-state index contributed by atoms with van der Waals surface area (Å²) >= 11 is 0. The first-order valence-corrected chi connectivity index (χ1v) is 7.30. The van der Waals surface area contributed by atoms with Gasteiger partial charge in [0.15, 0.2) is 0 Å². The molecule has 0 saturated carbocycles. The number of benzene rings is 1. The largest absolute Gasteiger partial charge is 0.481 e. The number of carbonyl (C=O) groups is 1. The number of hydrogen-bond acceptors (Lipinski definition) is 3. The van der Waals surface area contributed by atoms with Crippen LogP contribution in [0.4, 0.5) is 0 Å². The first-order chi connectivity index (χ1) is 9.58. The molecule has 2 atom stereocenters. The summed E-state index contributed by atoms with van der Waals surface area (Å²) in [6.07, 6.45) is 2.12. The zero-order chi connectivity index (χ0) is 15.0. The quantitative estimate of drug-likeness (QED) is 0.649. The van der Waals surface area contributed by atoms with Gasteiger partial charge in [0.1, 0.15) is 0 Å². The molecular weight excluding hydrogens is 254 g/mol. The second kappa shape index (κ2) is 8.72. The van der Waals surface area contributed by atoms with Gasteiger partial charge in [-0.05, 0) is 30.5 Å². The number of hydrogen-bond donors (Lipinski definition) is 3. The molecule has 0 aromatic heterocycles. The summed E-state index contributed by atoms with van der Waals surface area (Å²) in [5, 5.41) is 22.4. The Morgan fingerprint density at radius 1 is 1.20 bits per heavy atom. The minimum atomic E-state index is -0.903. The second-order valence-electron chi connectivity index (χ2n) is 5.09. The lowest BCUT2D eigenvalue weighted by molar-refractivity contribution is -0.138. The molecule has 1 rings (SSSR count). The van der Waals surface area contributed by atoms with Crippen molar-refractivity contribution in [3.63, 3.8) is 0 Å². The van der Waals surface area contributed by atoms with E-state index in [1.807, 2.05) is 31.2 Å².